The summed E-state index contributed by atoms with van der Waals surface area (Å²) in [7, 11) is 0. The fraction of sp³-hybridized carbons (Fsp3) is 0.214. The zero-order chi connectivity index (χ0) is 26.5. The van der Waals surface area contributed by atoms with E-state index in [9.17, 15) is 14.0 Å². The van der Waals surface area contributed by atoms with Gasteiger partial charge in [0.25, 0.3) is 11.1 Å². The molecule has 0 radical (unpaired) electrons. The van der Waals surface area contributed by atoms with Crippen LogP contribution < -0.4 is 10.2 Å². The van der Waals surface area contributed by atoms with Crippen molar-refractivity contribution < 1.29 is 18.4 Å². The Bertz CT molecular complexity index is 1430. The molecule has 0 bridgehead atoms. The number of benzene rings is 3. The van der Waals surface area contributed by atoms with Gasteiger partial charge < -0.3 is 19.5 Å². The fourth-order valence-corrected chi connectivity index (χ4v) is 4.78. The van der Waals surface area contributed by atoms with Crippen LogP contribution >= 0.6 is 11.8 Å². The number of rotatable bonds is 7. The van der Waals surface area contributed by atoms with E-state index in [1.807, 2.05) is 55.5 Å². The maximum Gasteiger partial charge on any atom is 0.277 e. The van der Waals surface area contributed by atoms with Gasteiger partial charge in [-0.05, 0) is 55.5 Å². The maximum absolute atomic E-state index is 14.0. The molecule has 194 valence electrons. The third-order valence-electron chi connectivity index (χ3n) is 6.19. The summed E-state index contributed by atoms with van der Waals surface area (Å²) in [6.07, 6.45) is 0. The van der Waals surface area contributed by atoms with Gasteiger partial charge in [-0.3, -0.25) is 9.59 Å². The van der Waals surface area contributed by atoms with E-state index in [2.05, 4.69) is 20.4 Å². The van der Waals surface area contributed by atoms with Gasteiger partial charge in [0.05, 0.1) is 11.3 Å². The molecule has 5 rings (SSSR count). The highest BCUT2D eigenvalue weighted by Gasteiger charge is 2.24. The summed E-state index contributed by atoms with van der Waals surface area (Å²) >= 11 is 1.18. The third kappa shape index (κ3) is 6.03. The summed E-state index contributed by atoms with van der Waals surface area (Å²) in [5.41, 5.74) is 3.71. The minimum atomic E-state index is -0.500. The molecular formula is C28H26FN5O3S. The average molecular weight is 532 g/mol. The van der Waals surface area contributed by atoms with Gasteiger partial charge in [0, 0.05) is 43.1 Å². The van der Waals surface area contributed by atoms with Gasteiger partial charge in [-0.25, -0.2) is 4.39 Å². The van der Waals surface area contributed by atoms with Crippen molar-refractivity contribution in [2.45, 2.75) is 12.1 Å². The van der Waals surface area contributed by atoms with E-state index in [4.69, 9.17) is 4.42 Å². The second-order valence-corrected chi connectivity index (χ2v) is 9.81. The minimum absolute atomic E-state index is 0.102. The number of nitrogens with one attached hydrogen (secondary N) is 1. The lowest BCUT2D eigenvalue weighted by molar-refractivity contribution is -0.113. The summed E-state index contributed by atoms with van der Waals surface area (Å²) in [6, 6.07) is 21.4. The van der Waals surface area contributed by atoms with Crippen molar-refractivity contribution in [1.82, 2.24) is 15.1 Å². The van der Waals surface area contributed by atoms with Gasteiger partial charge in [-0.1, -0.05) is 41.6 Å². The number of halogens is 1. The highest BCUT2D eigenvalue weighted by atomic mass is 32.2. The lowest BCUT2D eigenvalue weighted by Gasteiger charge is -2.36. The van der Waals surface area contributed by atoms with E-state index in [0.29, 0.717) is 43.0 Å². The molecule has 4 aromatic rings. The number of hydrogen-bond donors (Lipinski definition) is 1. The molecule has 0 atom stereocenters. The summed E-state index contributed by atoms with van der Waals surface area (Å²) in [5, 5.41) is 11.3. The molecule has 1 fully saturated rings. The molecule has 0 saturated carbocycles. The Balaban J connectivity index is 1.09. The number of thioether (sulfide) groups is 1. The van der Waals surface area contributed by atoms with Crippen LogP contribution in [0.25, 0.3) is 11.5 Å². The van der Waals surface area contributed by atoms with E-state index in [1.54, 1.807) is 17.0 Å². The molecule has 2 amide bonds. The number of piperazine rings is 1. The second-order valence-electron chi connectivity index (χ2n) is 8.89. The zero-order valence-corrected chi connectivity index (χ0v) is 21.6. The van der Waals surface area contributed by atoms with Crippen LogP contribution in [0, 0.1) is 12.7 Å². The average Bonchev–Trinajstić information content (AvgIpc) is 3.42. The molecule has 1 aliphatic rings. The number of aromatic nitrogens is 2. The summed E-state index contributed by atoms with van der Waals surface area (Å²) < 4.78 is 19.7. The highest BCUT2D eigenvalue weighted by Crippen LogP contribution is 2.25. The van der Waals surface area contributed by atoms with Crippen LogP contribution in [0.15, 0.2) is 82.4 Å². The predicted octanol–water partition coefficient (Wildman–Crippen LogP) is 4.88. The first-order chi connectivity index (χ1) is 18.5. The maximum atomic E-state index is 14.0. The summed E-state index contributed by atoms with van der Waals surface area (Å²) in [5.74, 6) is -0.413. The summed E-state index contributed by atoms with van der Waals surface area (Å²) in [6.45, 7) is 4.27. The third-order valence-corrected chi connectivity index (χ3v) is 7.00. The normalized spacial score (nSPS) is 13.4. The Morgan fingerprint density at radius 1 is 0.974 bits per heavy atom. The van der Waals surface area contributed by atoms with E-state index in [1.165, 1.54) is 23.9 Å². The van der Waals surface area contributed by atoms with Crippen molar-refractivity contribution in [3.63, 3.8) is 0 Å². The molecule has 1 saturated heterocycles. The molecule has 1 aromatic heterocycles. The first-order valence-corrected chi connectivity index (χ1v) is 13.2. The first-order valence-electron chi connectivity index (χ1n) is 12.2. The van der Waals surface area contributed by atoms with E-state index < -0.39 is 5.82 Å². The lowest BCUT2D eigenvalue weighted by Crippen LogP contribution is -2.49. The van der Waals surface area contributed by atoms with Gasteiger partial charge in [-0.15, -0.1) is 10.2 Å². The fourth-order valence-electron chi connectivity index (χ4n) is 4.22. The van der Waals surface area contributed by atoms with Crippen LogP contribution in [0.2, 0.25) is 0 Å². The van der Waals surface area contributed by atoms with Crippen LogP contribution in [0.3, 0.4) is 0 Å². The number of hydrogen-bond acceptors (Lipinski definition) is 7. The standard InChI is InChI=1S/C28H26FN5O3S/c1-19-5-4-6-20(17-19)26-31-32-28(37-26)38-18-25(35)30-21-9-11-22(12-10-21)33-13-15-34(16-14-33)27(36)23-7-2-3-8-24(23)29/h2-12,17H,13-16,18H2,1H3,(H,30,35). The molecule has 0 unspecified atom stereocenters. The molecule has 8 nitrogen and oxygen atoms in total. The van der Waals surface area contributed by atoms with Gasteiger partial charge in [0.15, 0.2) is 0 Å². The molecule has 10 heteroatoms. The number of anilines is 2. The predicted molar refractivity (Wildman–Crippen MR) is 145 cm³/mol. The van der Waals surface area contributed by atoms with Gasteiger partial charge in [-0.2, -0.15) is 0 Å². The van der Waals surface area contributed by atoms with Crippen LogP contribution in [-0.4, -0.2) is 58.8 Å². The number of amides is 2. The Hall–Kier alpha value is -4.18. The van der Waals surface area contributed by atoms with E-state index in [-0.39, 0.29) is 23.1 Å². The van der Waals surface area contributed by atoms with Crippen molar-refractivity contribution in [2.75, 3.05) is 42.1 Å². The molecule has 0 spiro atoms. The Morgan fingerprint density at radius 2 is 1.74 bits per heavy atom. The first kappa shape index (κ1) is 25.5. The van der Waals surface area contributed by atoms with Gasteiger partial charge in [0.1, 0.15) is 5.82 Å². The summed E-state index contributed by atoms with van der Waals surface area (Å²) in [4.78, 5) is 28.9. The molecule has 1 aliphatic heterocycles. The molecule has 1 N–H and O–H groups in total. The molecule has 0 aliphatic carbocycles. The Morgan fingerprint density at radius 3 is 2.47 bits per heavy atom. The Kier molecular flexibility index (Phi) is 7.69. The van der Waals surface area contributed by atoms with Crippen molar-refractivity contribution in [3.8, 4) is 11.5 Å². The van der Waals surface area contributed by atoms with Crippen molar-refractivity contribution in [1.29, 1.82) is 0 Å². The van der Waals surface area contributed by atoms with Crippen LogP contribution in [0.5, 0.6) is 0 Å². The monoisotopic (exact) mass is 531 g/mol. The number of carbonyl (C=O) groups excluding carboxylic acids is 2. The lowest BCUT2D eigenvalue weighted by atomic mass is 10.1. The second kappa shape index (κ2) is 11.5. The molecule has 38 heavy (non-hydrogen) atoms. The molecule has 2 heterocycles. The Labute approximate surface area is 223 Å². The highest BCUT2D eigenvalue weighted by molar-refractivity contribution is 7.99. The largest absolute Gasteiger partial charge is 0.411 e. The molecule has 3 aromatic carbocycles. The van der Waals surface area contributed by atoms with Crippen LogP contribution in [0.4, 0.5) is 15.8 Å². The number of aryl methyl sites for hydroxylation is 1. The van der Waals surface area contributed by atoms with Gasteiger partial charge >= 0.3 is 0 Å². The molecular weight excluding hydrogens is 505 g/mol. The minimum Gasteiger partial charge on any atom is -0.411 e. The van der Waals surface area contributed by atoms with Crippen LogP contribution in [0.1, 0.15) is 15.9 Å². The smallest absolute Gasteiger partial charge is 0.277 e. The zero-order valence-electron chi connectivity index (χ0n) is 20.8. The topological polar surface area (TPSA) is 91.6 Å². The van der Waals surface area contributed by atoms with E-state index >= 15 is 0 Å². The van der Waals surface area contributed by atoms with Crippen LogP contribution in [-0.2, 0) is 4.79 Å². The number of nitrogens with zero attached hydrogens (tertiary/aromatic N) is 4. The number of carbonyl (C=O) groups is 2. The SMILES string of the molecule is Cc1cccc(-c2nnc(SCC(=O)Nc3ccc(N4CCN(C(=O)c5ccccc5F)CC4)cc3)o2)c1. The van der Waals surface area contributed by atoms with Gasteiger partial charge in [0.2, 0.25) is 11.8 Å². The van der Waals surface area contributed by atoms with Crippen molar-refractivity contribution in [2.24, 2.45) is 0 Å². The van der Waals surface area contributed by atoms with E-state index in [0.717, 1.165) is 16.8 Å². The quantitative estimate of drug-likeness (QED) is 0.340. The van der Waals surface area contributed by atoms with Crippen molar-refractivity contribution in [3.05, 3.63) is 89.7 Å². The van der Waals surface area contributed by atoms with Crippen molar-refractivity contribution >= 4 is 35.0 Å².